The number of carbonyl (C=O) groups excluding carboxylic acids is 1. The van der Waals surface area contributed by atoms with Crippen LogP contribution >= 0.6 is 11.6 Å². The molecule has 2 aromatic carbocycles. The smallest absolute Gasteiger partial charge is 0.410 e. The first-order valence-corrected chi connectivity index (χ1v) is 10.0. The van der Waals surface area contributed by atoms with Crippen molar-refractivity contribution in [2.24, 2.45) is 0 Å². The summed E-state index contributed by atoms with van der Waals surface area (Å²) in [4.78, 5) is 14.8. The minimum Gasteiger partial charge on any atom is -0.410 e. The van der Waals surface area contributed by atoms with Gasteiger partial charge in [-0.05, 0) is 74.5 Å². The van der Waals surface area contributed by atoms with Crippen LogP contribution in [0.4, 0.5) is 10.5 Å². The van der Waals surface area contributed by atoms with E-state index in [0.29, 0.717) is 22.4 Å². The van der Waals surface area contributed by atoms with Gasteiger partial charge in [0.1, 0.15) is 5.75 Å². The minimum absolute atomic E-state index is 0.489. The summed E-state index contributed by atoms with van der Waals surface area (Å²) >= 11 is 6.17. The summed E-state index contributed by atoms with van der Waals surface area (Å²) in [5.74, 6) is 1.05. The third kappa shape index (κ3) is 5.24. The molecule has 0 spiro atoms. The number of para-hydroxylation sites is 1. The number of nitrogens with zero attached hydrogens (tertiary/aromatic N) is 1. The number of carbonyl (C=O) groups is 1. The second-order valence-electron chi connectivity index (χ2n) is 7.16. The van der Waals surface area contributed by atoms with Crippen molar-refractivity contribution in [1.82, 2.24) is 4.90 Å². The Bertz CT molecular complexity index is 771. The van der Waals surface area contributed by atoms with E-state index in [2.05, 4.69) is 23.2 Å². The maximum atomic E-state index is 12.3. The van der Waals surface area contributed by atoms with Crippen molar-refractivity contribution in [2.75, 3.05) is 25.0 Å². The standard InChI is InChI=1S/C22H27ClN2O2/c1-3-12-25-13-6-9-18(15-25)17-8-5-10-19(14-17)27-22(26)24-21-16(2)7-4-11-20(21)23/h4-5,7-8,10-11,14,18H,3,6,9,12-13,15H2,1-2H3,(H,24,26). The second kappa shape index (κ2) is 9.25. The molecule has 5 heteroatoms. The van der Waals surface area contributed by atoms with Crippen LogP contribution in [0.3, 0.4) is 0 Å². The zero-order chi connectivity index (χ0) is 19.2. The maximum absolute atomic E-state index is 12.3. The Morgan fingerprint density at radius 2 is 2.11 bits per heavy atom. The van der Waals surface area contributed by atoms with E-state index >= 15 is 0 Å². The van der Waals surface area contributed by atoms with Crippen molar-refractivity contribution >= 4 is 23.4 Å². The van der Waals surface area contributed by atoms with Gasteiger partial charge in [0.2, 0.25) is 0 Å². The van der Waals surface area contributed by atoms with E-state index in [0.717, 1.165) is 18.7 Å². The zero-order valence-electron chi connectivity index (χ0n) is 16.0. The number of aryl methyl sites for hydroxylation is 1. The van der Waals surface area contributed by atoms with Gasteiger partial charge in [0.05, 0.1) is 10.7 Å². The van der Waals surface area contributed by atoms with E-state index in [-0.39, 0.29) is 0 Å². The van der Waals surface area contributed by atoms with Crippen LogP contribution in [0.5, 0.6) is 5.75 Å². The Balaban J connectivity index is 1.66. The third-order valence-corrected chi connectivity index (χ3v) is 5.35. The van der Waals surface area contributed by atoms with Gasteiger partial charge in [-0.1, -0.05) is 42.8 Å². The molecule has 2 aromatic rings. The van der Waals surface area contributed by atoms with Gasteiger partial charge in [-0.2, -0.15) is 0 Å². The van der Waals surface area contributed by atoms with Crippen molar-refractivity contribution in [2.45, 2.75) is 39.0 Å². The molecule has 1 fully saturated rings. The van der Waals surface area contributed by atoms with E-state index in [1.165, 1.54) is 31.4 Å². The number of likely N-dealkylation sites (tertiary alicyclic amines) is 1. The summed E-state index contributed by atoms with van der Waals surface area (Å²) in [6.45, 7) is 7.51. The molecule has 1 heterocycles. The van der Waals surface area contributed by atoms with E-state index < -0.39 is 6.09 Å². The zero-order valence-corrected chi connectivity index (χ0v) is 16.8. The Labute approximate surface area is 166 Å². The first-order valence-electron chi connectivity index (χ1n) is 9.63. The molecule has 1 aliphatic heterocycles. The number of benzene rings is 2. The number of nitrogens with one attached hydrogen (secondary N) is 1. The Morgan fingerprint density at radius 1 is 1.30 bits per heavy atom. The third-order valence-electron chi connectivity index (χ3n) is 5.03. The van der Waals surface area contributed by atoms with Gasteiger partial charge in [-0.25, -0.2) is 4.79 Å². The number of hydrogen-bond acceptors (Lipinski definition) is 3. The molecule has 0 saturated carbocycles. The van der Waals surface area contributed by atoms with Gasteiger partial charge in [-0.15, -0.1) is 0 Å². The van der Waals surface area contributed by atoms with Gasteiger partial charge in [0.25, 0.3) is 0 Å². The molecule has 1 atom stereocenters. The molecule has 0 bridgehead atoms. The van der Waals surface area contributed by atoms with E-state index in [1.807, 2.05) is 37.3 Å². The quantitative estimate of drug-likeness (QED) is 0.700. The number of amides is 1. The lowest BCUT2D eigenvalue weighted by Gasteiger charge is -2.32. The largest absolute Gasteiger partial charge is 0.417 e. The highest BCUT2D eigenvalue weighted by atomic mass is 35.5. The van der Waals surface area contributed by atoms with Gasteiger partial charge < -0.3 is 9.64 Å². The molecule has 1 unspecified atom stereocenters. The van der Waals surface area contributed by atoms with Gasteiger partial charge in [-0.3, -0.25) is 5.32 Å². The summed E-state index contributed by atoms with van der Waals surface area (Å²) in [5.41, 5.74) is 2.71. The molecular weight excluding hydrogens is 360 g/mol. The van der Waals surface area contributed by atoms with E-state index in [9.17, 15) is 4.79 Å². The van der Waals surface area contributed by atoms with Crippen LogP contribution in [0.2, 0.25) is 5.02 Å². The minimum atomic E-state index is -0.528. The monoisotopic (exact) mass is 386 g/mol. The van der Waals surface area contributed by atoms with Crippen LogP contribution in [0.15, 0.2) is 42.5 Å². The summed E-state index contributed by atoms with van der Waals surface area (Å²) in [6, 6.07) is 13.4. The van der Waals surface area contributed by atoms with E-state index in [4.69, 9.17) is 16.3 Å². The Morgan fingerprint density at radius 3 is 2.89 bits per heavy atom. The number of rotatable bonds is 5. The number of halogens is 1. The van der Waals surface area contributed by atoms with Crippen LogP contribution < -0.4 is 10.1 Å². The Hall–Kier alpha value is -2.04. The summed E-state index contributed by atoms with van der Waals surface area (Å²) in [5, 5.41) is 3.25. The lowest BCUT2D eigenvalue weighted by atomic mass is 9.90. The lowest BCUT2D eigenvalue weighted by Crippen LogP contribution is -2.34. The highest BCUT2D eigenvalue weighted by Gasteiger charge is 2.21. The highest BCUT2D eigenvalue weighted by molar-refractivity contribution is 6.33. The van der Waals surface area contributed by atoms with E-state index in [1.54, 1.807) is 6.07 Å². The molecule has 1 aliphatic rings. The molecule has 0 aromatic heterocycles. The maximum Gasteiger partial charge on any atom is 0.417 e. The normalized spacial score (nSPS) is 17.5. The molecule has 1 saturated heterocycles. The van der Waals surface area contributed by atoms with Crippen LogP contribution in [0, 0.1) is 6.92 Å². The first-order chi connectivity index (χ1) is 13.1. The number of anilines is 1. The molecular formula is C22H27ClN2O2. The molecule has 1 N–H and O–H groups in total. The van der Waals surface area contributed by atoms with Crippen LogP contribution in [-0.2, 0) is 0 Å². The number of hydrogen-bond donors (Lipinski definition) is 1. The van der Waals surface area contributed by atoms with Crippen LogP contribution in [-0.4, -0.2) is 30.6 Å². The fourth-order valence-electron chi connectivity index (χ4n) is 3.70. The van der Waals surface area contributed by atoms with Crippen molar-refractivity contribution < 1.29 is 9.53 Å². The molecule has 3 rings (SSSR count). The lowest BCUT2D eigenvalue weighted by molar-refractivity contribution is 0.207. The van der Waals surface area contributed by atoms with Crippen molar-refractivity contribution in [3.05, 3.63) is 58.6 Å². The van der Waals surface area contributed by atoms with Crippen LogP contribution in [0.25, 0.3) is 0 Å². The predicted molar refractivity (Wildman–Crippen MR) is 111 cm³/mol. The summed E-state index contributed by atoms with van der Waals surface area (Å²) < 4.78 is 5.51. The predicted octanol–water partition coefficient (Wildman–Crippen LogP) is 5.85. The fourth-order valence-corrected chi connectivity index (χ4v) is 3.97. The van der Waals surface area contributed by atoms with Crippen molar-refractivity contribution in [1.29, 1.82) is 0 Å². The molecule has 0 radical (unpaired) electrons. The molecule has 1 amide bonds. The van der Waals surface area contributed by atoms with Gasteiger partial charge >= 0.3 is 6.09 Å². The van der Waals surface area contributed by atoms with Gasteiger partial charge in [0, 0.05) is 6.54 Å². The second-order valence-corrected chi connectivity index (χ2v) is 7.57. The van der Waals surface area contributed by atoms with Gasteiger partial charge in [0.15, 0.2) is 0 Å². The molecule has 144 valence electrons. The fraction of sp³-hybridized carbons (Fsp3) is 0.409. The van der Waals surface area contributed by atoms with Crippen molar-refractivity contribution in [3.63, 3.8) is 0 Å². The summed E-state index contributed by atoms with van der Waals surface area (Å²) in [7, 11) is 0. The number of piperidine rings is 1. The van der Waals surface area contributed by atoms with Crippen LogP contribution in [0.1, 0.15) is 43.2 Å². The number of ether oxygens (including phenoxy) is 1. The average molecular weight is 387 g/mol. The summed E-state index contributed by atoms with van der Waals surface area (Å²) in [6.07, 6.45) is 3.04. The molecule has 0 aliphatic carbocycles. The van der Waals surface area contributed by atoms with Crippen molar-refractivity contribution in [3.8, 4) is 5.75 Å². The first kappa shape index (κ1) is 19.7. The topological polar surface area (TPSA) is 41.6 Å². The Kier molecular flexibility index (Phi) is 6.75. The average Bonchev–Trinajstić information content (AvgIpc) is 2.66. The SMILES string of the molecule is CCCN1CCCC(c2cccc(OC(=O)Nc3c(C)cccc3Cl)c2)C1. The molecule has 4 nitrogen and oxygen atoms in total. The molecule has 27 heavy (non-hydrogen) atoms. The highest BCUT2D eigenvalue weighted by Crippen LogP contribution is 2.30.